The van der Waals surface area contributed by atoms with Crippen molar-refractivity contribution in [2.45, 2.75) is 18.9 Å². The van der Waals surface area contributed by atoms with Crippen molar-refractivity contribution in [3.63, 3.8) is 0 Å². The van der Waals surface area contributed by atoms with Crippen LogP contribution in [-0.4, -0.2) is 29.8 Å². The van der Waals surface area contributed by atoms with Crippen molar-refractivity contribution in [1.82, 2.24) is 10.2 Å². The zero-order valence-electron chi connectivity index (χ0n) is 15.1. The summed E-state index contributed by atoms with van der Waals surface area (Å²) in [6, 6.07) is 15.5. The maximum atomic E-state index is 14.2. The fraction of sp³-hybridized carbons (Fsp3) is 0.273. The molecule has 1 aliphatic heterocycles. The average Bonchev–Trinajstić information content (AvgIpc) is 2.72. The highest BCUT2D eigenvalue weighted by atomic mass is 19.1. The summed E-state index contributed by atoms with van der Waals surface area (Å²) in [4.78, 5) is 27.2. The minimum Gasteiger partial charge on any atom is -0.352 e. The van der Waals surface area contributed by atoms with Gasteiger partial charge in [-0.05, 0) is 30.5 Å². The molecule has 0 aromatic heterocycles. The number of amides is 2. The molecule has 0 spiro atoms. The van der Waals surface area contributed by atoms with Gasteiger partial charge in [-0.3, -0.25) is 9.59 Å². The lowest BCUT2D eigenvalue weighted by molar-refractivity contribution is -0.126. The van der Waals surface area contributed by atoms with Crippen molar-refractivity contribution < 1.29 is 14.0 Å². The molecular weight excluding hydrogens is 343 g/mol. The van der Waals surface area contributed by atoms with Crippen molar-refractivity contribution in [2.75, 3.05) is 13.1 Å². The molecule has 1 saturated heterocycles. The van der Waals surface area contributed by atoms with Gasteiger partial charge in [-0.15, -0.1) is 6.58 Å². The third-order valence-electron chi connectivity index (χ3n) is 4.92. The number of piperidine rings is 1. The van der Waals surface area contributed by atoms with Crippen molar-refractivity contribution in [1.29, 1.82) is 0 Å². The van der Waals surface area contributed by atoms with Crippen LogP contribution in [0.5, 0.6) is 0 Å². The fourth-order valence-electron chi connectivity index (χ4n) is 3.54. The van der Waals surface area contributed by atoms with Gasteiger partial charge in [0.2, 0.25) is 5.91 Å². The van der Waals surface area contributed by atoms with E-state index in [-0.39, 0.29) is 35.9 Å². The Bertz CT molecular complexity index is 822. The molecule has 0 aliphatic carbocycles. The molecule has 1 fully saturated rings. The predicted octanol–water partition coefficient (Wildman–Crippen LogP) is 3.72. The number of likely N-dealkylation sites (tertiary alicyclic amines) is 1. The van der Waals surface area contributed by atoms with Gasteiger partial charge in [0.15, 0.2) is 0 Å². The summed E-state index contributed by atoms with van der Waals surface area (Å²) in [5.41, 5.74) is 1.03. The molecule has 2 aromatic carbocycles. The number of carbonyl (C=O) groups is 2. The van der Waals surface area contributed by atoms with Crippen molar-refractivity contribution >= 4 is 11.8 Å². The van der Waals surface area contributed by atoms with Gasteiger partial charge in [0.1, 0.15) is 5.82 Å². The van der Waals surface area contributed by atoms with Crippen LogP contribution in [0, 0.1) is 11.7 Å². The Morgan fingerprint density at radius 3 is 2.52 bits per heavy atom. The monoisotopic (exact) mass is 366 g/mol. The van der Waals surface area contributed by atoms with Crippen LogP contribution in [-0.2, 0) is 4.79 Å². The summed E-state index contributed by atoms with van der Waals surface area (Å²) < 4.78 is 14.2. The number of carbonyl (C=O) groups excluding carboxylic acids is 2. The second-order valence-electron chi connectivity index (χ2n) is 6.67. The minimum absolute atomic E-state index is 0.0329. The highest BCUT2D eigenvalue weighted by Crippen LogP contribution is 2.34. The summed E-state index contributed by atoms with van der Waals surface area (Å²) in [5.74, 6) is -1.36. The molecule has 2 atom stereocenters. The summed E-state index contributed by atoms with van der Waals surface area (Å²) in [7, 11) is 0. The summed E-state index contributed by atoms with van der Waals surface area (Å²) in [6.45, 7) is 4.25. The number of nitrogens with one attached hydrogen (secondary N) is 1. The molecule has 1 heterocycles. The van der Waals surface area contributed by atoms with E-state index in [0.717, 1.165) is 5.56 Å². The molecule has 27 heavy (non-hydrogen) atoms. The normalized spacial score (nSPS) is 19.4. The van der Waals surface area contributed by atoms with Gasteiger partial charge < -0.3 is 10.2 Å². The largest absolute Gasteiger partial charge is 0.352 e. The van der Waals surface area contributed by atoms with Crippen molar-refractivity contribution in [3.05, 3.63) is 84.2 Å². The lowest BCUT2D eigenvalue weighted by atomic mass is 9.87. The Labute approximate surface area is 158 Å². The van der Waals surface area contributed by atoms with E-state index in [1.807, 2.05) is 30.3 Å². The molecule has 2 aromatic rings. The van der Waals surface area contributed by atoms with Crippen molar-refractivity contribution in [2.24, 2.45) is 5.92 Å². The zero-order chi connectivity index (χ0) is 19.2. The molecule has 5 heteroatoms. The highest BCUT2D eigenvalue weighted by molar-refractivity contribution is 5.95. The van der Waals surface area contributed by atoms with Gasteiger partial charge in [-0.1, -0.05) is 48.5 Å². The van der Waals surface area contributed by atoms with Crippen LogP contribution in [0.15, 0.2) is 67.3 Å². The van der Waals surface area contributed by atoms with E-state index in [0.29, 0.717) is 19.4 Å². The van der Waals surface area contributed by atoms with Gasteiger partial charge in [0.25, 0.3) is 5.91 Å². The first-order chi connectivity index (χ1) is 13.1. The number of rotatable bonds is 5. The van der Waals surface area contributed by atoms with Gasteiger partial charge in [-0.25, -0.2) is 4.39 Å². The van der Waals surface area contributed by atoms with Crippen LogP contribution in [0.1, 0.15) is 34.8 Å². The van der Waals surface area contributed by atoms with Crippen LogP contribution >= 0.6 is 0 Å². The fourth-order valence-corrected chi connectivity index (χ4v) is 3.54. The number of hydrogen-bond acceptors (Lipinski definition) is 2. The molecule has 0 saturated carbocycles. The van der Waals surface area contributed by atoms with Crippen LogP contribution in [0.4, 0.5) is 4.39 Å². The first kappa shape index (κ1) is 18.8. The van der Waals surface area contributed by atoms with Crippen LogP contribution < -0.4 is 5.32 Å². The third-order valence-corrected chi connectivity index (χ3v) is 4.92. The lowest BCUT2D eigenvalue weighted by Crippen LogP contribution is -2.47. The molecule has 1 N–H and O–H groups in total. The second kappa shape index (κ2) is 8.62. The third kappa shape index (κ3) is 4.25. The Kier molecular flexibility index (Phi) is 6.01. The Morgan fingerprint density at radius 1 is 1.11 bits per heavy atom. The van der Waals surface area contributed by atoms with Crippen molar-refractivity contribution in [3.8, 4) is 0 Å². The van der Waals surface area contributed by atoms with E-state index in [9.17, 15) is 14.0 Å². The second-order valence-corrected chi connectivity index (χ2v) is 6.67. The van der Waals surface area contributed by atoms with Crippen LogP contribution in [0.2, 0.25) is 0 Å². The van der Waals surface area contributed by atoms with Crippen LogP contribution in [0.3, 0.4) is 0 Å². The Morgan fingerprint density at radius 2 is 1.81 bits per heavy atom. The maximum absolute atomic E-state index is 14.2. The highest BCUT2D eigenvalue weighted by Gasteiger charge is 2.36. The minimum atomic E-state index is -0.549. The van der Waals surface area contributed by atoms with E-state index in [2.05, 4.69) is 11.9 Å². The molecule has 0 bridgehead atoms. The first-order valence-corrected chi connectivity index (χ1v) is 9.11. The van der Waals surface area contributed by atoms with E-state index in [1.54, 1.807) is 23.1 Å². The van der Waals surface area contributed by atoms with Gasteiger partial charge in [-0.2, -0.15) is 0 Å². The SMILES string of the molecule is C=CCNC(=O)[C@H]1CC[C@H](c2ccccc2)N(C(=O)c2ccccc2F)C1. The average molecular weight is 366 g/mol. The number of nitrogens with zero attached hydrogens (tertiary/aromatic N) is 1. The maximum Gasteiger partial charge on any atom is 0.257 e. The molecule has 0 unspecified atom stereocenters. The molecule has 2 amide bonds. The zero-order valence-corrected chi connectivity index (χ0v) is 15.1. The van der Waals surface area contributed by atoms with Gasteiger partial charge >= 0.3 is 0 Å². The molecule has 140 valence electrons. The summed E-state index contributed by atoms with van der Waals surface area (Å²) >= 11 is 0. The van der Waals surface area contributed by atoms with Crippen LogP contribution in [0.25, 0.3) is 0 Å². The molecule has 4 nitrogen and oxygen atoms in total. The van der Waals surface area contributed by atoms with Gasteiger partial charge in [0.05, 0.1) is 17.5 Å². The van der Waals surface area contributed by atoms with E-state index in [4.69, 9.17) is 0 Å². The lowest BCUT2D eigenvalue weighted by Gasteiger charge is -2.39. The number of halogens is 1. The molecule has 1 aliphatic rings. The Hall–Kier alpha value is -2.95. The van der Waals surface area contributed by atoms with E-state index in [1.165, 1.54) is 12.1 Å². The number of hydrogen-bond donors (Lipinski definition) is 1. The smallest absolute Gasteiger partial charge is 0.257 e. The standard InChI is InChI=1S/C22H23FN2O2/c1-2-14-24-21(26)17-12-13-20(16-8-4-3-5-9-16)25(15-17)22(27)18-10-6-7-11-19(18)23/h2-11,17,20H,1,12-15H2,(H,24,26)/t17-,20+/m0/s1. The molecule has 3 rings (SSSR count). The molecule has 0 radical (unpaired) electrons. The van der Waals surface area contributed by atoms with E-state index < -0.39 is 5.82 Å². The quantitative estimate of drug-likeness (QED) is 0.820. The molecular formula is C22H23FN2O2. The number of benzene rings is 2. The van der Waals surface area contributed by atoms with Gasteiger partial charge in [0, 0.05) is 13.1 Å². The predicted molar refractivity (Wildman–Crippen MR) is 103 cm³/mol. The first-order valence-electron chi connectivity index (χ1n) is 9.11. The summed E-state index contributed by atoms with van der Waals surface area (Å²) in [6.07, 6.45) is 2.94. The Balaban J connectivity index is 1.89. The van der Waals surface area contributed by atoms with E-state index >= 15 is 0 Å². The topological polar surface area (TPSA) is 49.4 Å². The summed E-state index contributed by atoms with van der Waals surface area (Å²) in [5, 5.41) is 2.80.